The van der Waals surface area contributed by atoms with Crippen molar-refractivity contribution in [2.45, 2.75) is 32.2 Å². The SMILES string of the molecule is CC1(C)CSCC(O)(c2ccccc2OC(F)(F)F)C1. The number of halogens is 3. The maximum atomic E-state index is 12.5. The highest BCUT2D eigenvalue weighted by atomic mass is 32.2. The van der Waals surface area contributed by atoms with E-state index in [4.69, 9.17) is 0 Å². The van der Waals surface area contributed by atoms with E-state index in [0.29, 0.717) is 12.2 Å². The summed E-state index contributed by atoms with van der Waals surface area (Å²) in [5, 5.41) is 10.8. The predicted molar refractivity (Wildman–Crippen MR) is 72.7 cm³/mol. The highest BCUT2D eigenvalue weighted by molar-refractivity contribution is 7.99. The molecule has 1 heterocycles. The van der Waals surface area contributed by atoms with E-state index in [1.165, 1.54) is 18.2 Å². The summed E-state index contributed by atoms with van der Waals surface area (Å²) in [6, 6.07) is 5.83. The van der Waals surface area contributed by atoms with Gasteiger partial charge in [-0.1, -0.05) is 32.0 Å². The molecule has 0 aromatic heterocycles. The minimum Gasteiger partial charge on any atom is -0.405 e. The summed E-state index contributed by atoms with van der Waals surface area (Å²) >= 11 is 1.54. The summed E-state index contributed by atoms with van der Waals surface area (Å²) in [6.07, 6.45) is -4.35. The van der Waals surface area contributed by atoms with Gasteiger partial charge in [0, 0.05) is 11.3 Å². The van der Waals surface area contributed by atoms with Crippen molar-refractivity contribution in [2.24, 2.45) is 5.41 Å². The van der Waals surface area contributed by atoms with Crippen LogP contribution in [0.3, 0.4) is 0 Å². The number of benzene rings is 1. The number of hydrogen-bond donors (Lipinski definition) is 1. The number of thioether (sulfide) groups is 1. The zero-order chi connectivity index (χ0) is 15.0. The molecule has 20 heavy (non-hydrogen) atoms. The van der Waals surface area contributed by atoms with Crippen LogP contribution in [0.4, 0.5) is 13.2 Å². The topological polar surface area (TPSA) is 29.5 Å². The Morgan fingerprint density at radius 1 is 1.20 bits per heavy atom. The minimum atomic E-state index is -4.76. The quantitative estimate of drug-likeness (QED) is 0.897. The molecule has 1 atom stereocenters. The molecule has 1 unspecified atom stereocenters. The molecule has 1 aliphatic heterocycles. The van der Waals surface area contributed by atoms with Crippen molar-refractivity contribution >= 4 is 11.8 Å². The van der Waals surface area contributed by atoms with Crippen LogP contribution in [-0.2, 0) is 5.60 Å². The largest absolute Gasteiger partial charge is 0.573 e. The number of alkyl halides is 3. The molecule has 1 aromatic rings. The molecular weight excluding hydrogens is 289 g/mol. The Labute approximate surface area is 120 Å². The van der Waals surface area contributed by atoms with Gasteiger partial charge in [-0.3, -0.25) is 0 Å². The Hall–Kier alpha value is -0.880. The molecule has 2 rings (SSSR count). The van der Waals surface area contributed by atoms with Crippen molar-refractivity contribution in [1.29, 1.82) is 0 Å². The minimum absolute atomic E-state index is 0.136. The van der Waals surface area contributed by atoms with Gasteiger partial charge in [0.15, 0.2) is 0 Å². The van der Waals surface area contributed by atoms with Crippen LogP contribution in [0.5, 0.6) is 5.75 Å². The van der Waals surface area contributed by atoms with Gasteiger partial charge in [-0.25, -0.2) is 0 Å². The lowest BCUT2D eigenvalue weighted by atomic mass is 9.78. The molecule has 1 N–H and O–H groups in total. The second-order valence-corrected chi connectivity index (χ2v) is 6.89. The summed E-state index contributed by atoms with van der Waals surface area (Å²) in [4.78, 5) is 0. The summed E-state index contributed by atoms with van der Waals surface area (Å²) in [5.41, 5.74) is -1.23. The van der Waals surface area contributed by atoms with Gasteiger partial charge >= 0.3 is 6.36 Å². The first-order valence-corrected chi connectivity index (χ1v) is 7.42. The van der Waals surface area contributed by atoms with E-state index in [2.05, 4.69) is 4.74 Å². The first kappa shape index (κ1) is 15.5. The Morgan fingerprint density at radius 3 is 2.45 bits per heavy atom. The first-order valence-electron chi connectivity index (χ1n) is 6.27. The molecule has 0 saturated carbocycles. The standard InChI is InChI=1S/C14H17F3O2S/c1-12(2)7-13(18,9-20-8-12)10-5-3-4-6-11(10)19-14(15,16)17/h3-6,18H,7-9H2,1-2H3. The Morgan fingerprint density at radius 2 is 1.85 bits per heavy atom. The van der Waals surface area contributed by atoms with Crippen LogP contribution in [0.25, 0.3) is 0 Å². The predicted octanol–water partition coefficient (Wildman–Crippen LogP) is 3.94. The van der Waals surface area contributed by atoms with Crippen molar-refractivity contribution < 1.29 is 23.0 Å². The molecule has 112 valence electrons. The van der Waals surface area contributed by atoms with Gasteiger partial charge < -0.3 is 9.84 Å². The molecule has 2 nitrogen and oxygen atoms in total. The highest BCUT2D eigenvalue weighted by Gasteiger charge is 2.43. The van der Waals surface area contributed by atoms with E-state index in [9.17, 15) is 18.3 Å². The van der Waals surface area contributed by atoms with Crippen LogP contribution in [-0.4, -0.2) is 23.0 Å². The third-order valence-electron chi connectivity index (χ3n) is 3.22. The van der Waals surface area contributed by atoms with Gasteiger partial charge in [0.05, 0.1) is 0 Å². The number of ether oxygens (including phenoxy) is 1. The van der Waals surface area contributed by atoms with E-state index >= 15 is 0 Å². The molecule has 1 fully saturated rings. The fraction of sp³-hybridized carbons (Fsp3) is 0.571. The lowest BCUT2D eigenvalue weighted by molar-refractivity contribution is -0.275. The molecule has 0 aliphatic carbocycles. The Balaban J connectivity index is 2.36. The zero-order valence-electron chi connectivity index (χ0n) is 11.3. The fourth-order valence-electron chi connectivity index (χ4n) is 2.63. The van der Waals surface area contributed by atoms with Gasteiger partial charge in [-0.05, 0) is 23.7 Å². The van der Waals surface area contributed by atoms with Crippen molar-refractivity contribution in [2.75, 3.05) is 11.5 Å². The van der Waals surface area contributed by atoms with Crippen molar-refractivity contribution in [3.8, 4) is 5.75 Å². The van der Waals surface area contributed by atoms with Crippen LogP contribution in [0, 0.1) is 5.41 Å². The zero-order valence-corrected chi connectivity index (χ0v) is 12.1. The van der Waals surface area contributed by atoms with Crippen molar-refractivity contribution in [3.63, 3.8) is 0 Å². The lowest BCUT2D eigenvalue weighted by Gasteiger charge is -2.41. The van der Waals surface area contributed by atoms with Crippen LogP contribution >= 0.6 is 11.8 Å². The Kier molecular flexibility index (Phi) is 3.99. The van der Waals surface area contributed by atoms with E-state index in [-0.39, 0.29) is 16.7 Å². The fourth-order valence-corrected chi connectivity index (χ4v) is 3.98. The summed E-state index contributed by atoms with van der Waals surface area (Å²) in [7, 11) is 0. The van der Waals surface area contributed by atoms with Crippen molar-refractivity contribution in [1.82, 2.24) is 0 Å². The maximum absolute atomic E-state index is 12.5. The molecule has 0 amide bonds. The molecule has 1 aromatic carbocycles. The van der Waals surface area contributed by atoms with Crippen LogP contribution in [0.15, 0.2) is 24.3 Å². The number of hydrogen-bond acceptors (Lipinski definition) is 3. The molecule has 6 heteroatoms. The highest BCUT2D eigenvalue weighted by Crippen LogP contribution is 2.47. The Bertz CT molecular complexity index is 488. The average Bonchev–Trinajstić information content (AvgIpc) is 2.25. The summed E-state index contributed by atoms with van der Waals surface area (Å²) in [5.74, 6) is 0.924. The van der Waals surface area contributed by atoms with Crippen LogP contribution < -0.4 is 4.74 Å². The normalized spacial score (nSPS) is 26.3. The first-order chi connectivity index (χ1) is 9.11. The number of rotatable bonds is 2. The average molecular weight is 306 g/mol. The molecule has 1 saturated heterocycles. The van der Waals surface area contributed by atoms with Gasteiger partial charge in [-0.15, -0.1) is 13.2 Å². The van der Waals surface area contributed by atoms with Gasteiger partial charge in [-0.2, -0.15) is 11.8 Å². The summed E-state index contributed by atoms with van der Waals surface area (Å²) in [6.45, 7) is 3.99. The second-order valence-electron chi connectivity index (χ2n) is 5.91. The third-order valence-corrected chi connectivity index (χ3v) is 4.89. The number of para-hydroxylation sites is 1. The molecule has 0 bridgehead atoms. The number of aliphatic hydroxyl groups is 1. The van der Waals surface area contributed by atoms with E-state index in [1.807, 2.05) is 13.8 Å². The van der Waals surface area contributed by atoms with Crippen LogP contribution in [0.2, 0.25) is 0 Å². The van der Waals surface area contributed by atoms with Crippen LogP contribution in [0.1, 0.15) is 25.8 Å². The van der Waals surface area contributed by atoms with E-state index in [0.717, 1.165) is 5.75 Å². The van der Waals surface area contributed by atoms with Gasteiger partial charge in [0.2, 0.25) is 0 Å². The van der Waals surface area contributed by atoms with Crippen molar-refractivity contribution in [3.05, 3.63) is 29.8 Å². The third kappa shape index (κ3) is 3.61. The monoisotopic (exact) mass is 306 g/mol. The van der Waals surface area contributed by atoms with E-state index in [1.54, 1.807) is 17.8 Å². The van der Waals surface area contributed by atoms with E-state index < -0.39 is 12.0 Å². The van der Waals surface area contributed by atoms with Gasteiger partial charge in [0.25, 0.3) is 0 Å². The summed E-state index contributed by atoms with van der Waals surface area (Å²) < 4.78 is 41.4. The molecule has 1 aliphatic rings. The molecular formula is C14H17F3O2S. The molecule has 0 radical (unpaired) electrons. The smallest absolute Gasteiger partial charge is 0.405 e. The lowest BCUT2D eigenvalue weighted by Crippen LogP contribution is -2.40. The maximum Gasteiger partial charge on any atom is 0.573 e. The van der Waals surface area contributed by atoms with Gasteiger partial charge in [0.1, 0.15) is 11.4 Å². The second kappa shape index (κ2) is 5.15. The molecule has 0 spiro atoms.